The van der Waals surface area contributed by atoms with Gasteiger partial charge in [-0.25, -0.2) is 22.0 Å². The molecule has 2 heterocycles. The summed E-state index contributed by atoms with van der Waals surface area (Å²) in [5.41, 5.74) is -0.779. The molecule has 0 fully saturated rings. The number of anilines is 2. The Morgan fingerprint density at radius 3 is 2.13 bits per heavy atom. The third-order valence-electron chi connectivity index (χ3n) is 4.65. The molecular weight excluding hydrogens is 409 g/mol. The molecule has 10 heteroatoms. The molecule has 154 valence electrons. The van der Waals surface area contributed by atoms with Crippen LogP contribution in [0.1, 0.15) is 22.2 Å². The molecule has 30 heavy (non-hydrogen) atoms. The maximum absolute atomic E-state index is 14.2. The van der Waals surface area contributed by atoms with Crippen LogP contribution in [0, 0.1) is 29.1 Å². The molecule has 1 N–H and O–H groups in total. The number of hydrogen-bond donors (Lipinski definition) is 1. The van der Waals surface area contributed by atoms with E-state index in [1.807, 2.05) is 0 Å². The number of halogens is 5. The van der Waals surface area contributed by atoms with E-state index >= 15 is 0 Å². The van der Waals surface area contributed by atoms with Crippen molar-refractivity contribution >= 4 is 17.3 Å². The molecule has 0 radical (unpaired) electrons. The molecule has 0 saturated carbocycles. The van der Waals surface area contributed by atoms with Gasteiger partial charge in [-0.05, 0) is 36.4 Å². The third-order valence-corrected chi connectivity index (χ3v) is 4.65. The van der Waals surface area contributed by atoms with Gasteiger partial charge in [-0.15, -0.1) is 0 Å². The van der Waals surface area contributed by atoms with Crippen molar-refractivity contribution in [1.29, 1.82) is 0 Å². The summed E-state index contributed by atoms with van der Waals surface area (Å²) >= 11 is 0. The molecule has 1 unspecified atom stereocenters. The van der Waals surface area contributed by atoms with Crippen LogP contribution in [0.25, 0.3) is 0 Å². The van der Waals surface area contributed by atoms with Crippen molar-refractivity contribution < 1.29 is 31.5 Å². The van der Waals surface area contributed by atoms with Gasteiger partial charge in [-0.1, -0.05) is 0 Å². The smallest absolute Gasteiger partial charge is 0.262 e. The maximum Gasteiger partial charge on any atom is 0.262 e. The number of ether oxygens (including phenoxy) is 1. The van der Waals surface area contributed by atoms with Crippen molar-refractivity contribution in [1.82, 2.24) is 4.98 Å². The highest BCUT2D eigenvalue weighted by Crippen LogP contribution is 2.39. The second-order valence-electron chi connectivity index (χ2n) is 6.30. The van der Waals surface area contributed by atoms with Crippen LogP contribution in [0.3, 0.4) is 0 Å². The van der Waals surface area contributed by atoms with Crippen LogP contribution in [0.4, 0.5) is 33.3 Å². The fourth-order valence-electron chi connectivity index (χ4n) is 3.20. The van der Waals surface area contributed by atoms with Crippen LogP contribution < -0.4 is 15.0 Å². The summed E-state index contributed by atoms with van der Waals surface area (Å²) in [5, 5.41) is 2.26. The van der Waals surface area contributed by atoms with Crippen molar-refractivity contribution in [3.63, 3.8) is 0 Å². The number of fused-ring (bicyclic) bond motifs is 1. The lowest BCUT2D eigenvalue weighted by Gasteiger charge is -2.27. The van der Waals surface area contributed by atoms with Gasteiger partial charge in [-0.3, -0.25) is 14.7 Å². The zero-order valence-electron chi connectivity index (χ0n) is 15.2. The van der Waals surface area contributed by atoms with Crippen LogP contribution in [-0.2, 0) is 0 Å². The average molecular weight is 421 g/mol. The van der Waals surface area contributed by atoms with Gasteiger partial charge in [0.25, 0.3) is 5.91 Å². The fourth-order valence-corrected chi connectivity index (χ4v) is 3.20. The normalized spacial score (nSPS) is 15.3. The van der Waals surface area contributed by atoms with E-state index in [0.717, 1.165) is 4.90 Å². The molecule has 3 aromatic rings. The van der Waals surface area contributed by atoms with E-state index in [2.05, 4.69) is 10.3 Å². The van der Waals surface area contributed by atoms with Crippen molar-refractivity contribution in [2.75, 3.05) is 17.3 Å². The number of pyridine rings is 1. The van der Waals surface area contributed by atoms with E-state index < -0.39 is 46.8 Å². The van der Waals surface area contributed by atoms with Gasteiger partial charge in [0.2, 0.25) is 5.82 Å². The molecule has 0 aliphatic carbocycles. The second kappa shape index (κ2) is 7.29. The molecule has 0 bridgehead atoms. The first-order chi connectivity index (χ1) is 14.3. The number of amides is 1. The summed E-state index contributed by atoms with van der Waals surface area (Å²) in [6, 6.07) is 9.06. The van der Waals surface area contributed by atoms with Crippen molar-refractivity contribution in [3.8, 4) is 5.75 Å². The number of aromatic nitrogens is 1. The quantitative estimate of drug-likeness (QED) is 0.381. The van der Waals surface area contributed by atoms with Gasteiger partial charge >= 0.3 is 0 Å². The van der Waals surface area contributed by atoms with Gasteiger partial charge in [0, 0.05) is 11.9 Å². The van der Waals surface area contributed by atoms with E-state index in [-0.39, 0.29) is 11.3 Å². The van der Waals surface area contributed by atoms with E-state index in [1.54, 1.807) is 12.1 Å². The molecule has 5 nitrogen and oxygen atoms in total. The zero-order chi connectivity index (χ0) is 21.6. The maximum atomic E-state index is 14.2. The lowest BCUT2D eigenvalue weighted by atomic mass is 10.2. The lowest BCUT2D eigenvalue weighted by Crippen LogP contribution is -2.33. The number of methoxy groups -OCH3 is 1. The number of nitrogens with zero attached hydrogens (tertiary/aromatic N) is 2. The SMILES string of the molecule is COc1ccc(N2C(=O)c3cccnc3C2Nc2c(F)c(F)c(F)c(F)c2F)cc1. The Morgan fingerprint density at radius 1 is 0.933 bits per heavy atom. The molecular formula is C20H12F5N3O2. The summed E-state index contributed by atoms with van der Waals surface area (Å²) in [4.78, 5) is 18.1. The zero-order valence-corrected chi connectivity index (χ0v) is 15.2. The van der Waals surface area contributed by atoms with Crippen LogP contribution >= 0.6 is 0 Å². The first-order valence-electron chi connectivity index (χ1n) is 8.55. The number of hydrogen-bond acceptors (Lipinski definition) is 4. The number of rotatable bonds is 4. The molecule has 1 aliphatic rings. The molecule has 1 amide bonds. The van der Waals surface area contributed by atoms with E-state index in [0.29, 0.717) is 11.4 Å². The fraction of sp³-hybridized carbons (Fsp3) is 0.100. The number of benzene rings is 2. The topological polar surface area (TPSA) is 54.5 Å². The molecule has 1 aromatic heterocycles. The van der Waals surface area contributed by atoms with E-state index in [9.17, 15) is 26.7 Å². The van der Waals surface area contributed by atoms with Gasteiger partial charge in [0.1, 0.15) is 11.4 Å². The molecule has 4 rings (SSSR count). The van der Waals surface area contributed by atoms with Gasteiger partial charge < -0.3 is 10.1 Å². The molecule has 0 spiro atoms. The Balaban J connectivity index is 1.84. The van der Waals surface area contributed by atoms with Crippen molar-refractivity contribution in [2.24, 2.45) is 0 Å². The van der Waals surface area contributed by atoms with Crippen LogP contribution in [0.2, 0.25) is 0 Å². The number of carbonyl (C=O) groups is 1. The van der Waals surface area contributed by atoms with E-state index in [4.69, 9.17) is 4.74 Å². The largest absolute Gasteiger partial charge is 0.497 e. The predicted molar refractivity (Wildman–Crippen MR) is 96.6 cm³/mol. The first kappa shape index (κ1) is 19.6. The molecule has 1 atom stereocenters. The minimum atomic E-state index is -2.27. The first-order valence-corrected chi connectivity index (χ1v) is 8.55. The highest BCUT2D eigenvalue weighted by Gasteiger charge is 2.40. The summed E-state index contributed by atoms with van der Waals surface area (Å²) in [7, 11) is 1.45. The van der Waals surface area contributed by atoms with E-state index in [1.165, 1.54) is 37.6 Å². The monoisotopic (exact) mass is 421 g/mol. The highest BCUT2D eigenvalue weighted by atomic mass is 19.2. The van der Waals surface area contributed by atoms with Crippen molar-refractivity contribution in [3.05, 3.63) is 82.9 Å². The molecule has 1 aliphatic heterocycles. The summed E-state index contributed by atoms with van der Waals surface area (Å²) in [6.07, 6.45) is 0.0204. The minimum absolute atomic E-state index is 0.0715. The van der Waals surface area contributed by atoms with Gasteiger partial charge in [-0.2, -0.15) is 0 Å². The highest BCUT2D eigenvalue weighted by molar-refractivity contribution is 6.11. The summed E-state index contributed by atoms with van der Waals surface area (Å²) in [6.45, 7) is 0. The van der Waals surface area contributed by atoms with Gasteiger partial charge in [0.05, 0.1) is 18.4 Å². The van der Waals surface area contributed by atoms with Crippen molar-refractivity contribution in [2.45, 2.75) is 6.17 Å². The summed E-state index contributed by atoms with van der Waals surface area (Å²) in [5.74, 6) is -10.6. The Hall–Kier alpha value is -3.69. The lowest BCUT2D eigenvalue weighted by molar-refractivity contribution is 0.0993. The molecule has 2 aromatic carbocycles. The average Bonchev–Trinajstić information content (AvgIpc) is 3.05. The second-order valence-corrected chi connectivity index (χ2v) is 6.30. The Kier molecular flexibility index (Phi) is 4.76. The Morgan fingerprint density at radius 2 is 1.53 bits per heavy atom. The van der Waals surface area contributed by atoms with Crippen LogP contribution in [0.5, 0.6) is 5.75 Å². The third kappa shape index (κ3) is 2.92. The number of carbonyl (C=O) groups excluding carboxylic acids is 1. The minimum Gasteiger partial charge on any atom is -0.497 e. The predicted octanol–water partition coefficient (Wildman–Crippen LogP) is 4.56. The molecule has 0 saturated heterocycles. The summed E-state index contributed by atoms with van der Waals surface area (Å²) < 4.78 is 74.2. The van der Waals surface area contributed by atoms with Crippen LogP contribution in [0.15, 0.2) is 42.6 Å². The standard InChI is InChI=1S/C20H12F5N3O2/c1-30-10-6-4-9(5-7-10)28-19(17-11(20(28)29)3-2-8-26-17)27-18-15(24)13(22)12(21)14(23)16(18)25/h2-8,19,27H,1H3. The Labute approximate surface area is 166 Å². The number of nitrogens with one attached hydrogen (secondary N) is 1. The van der Waals surface area contributed by atoms with Crippen LogP contribution in [-0.4, -0.2) is 18.0 Å². The van der Waals surface area contributed by atoms with Gasteiger partial charge in [0.15, 0.2) is 29.4 Å². The Bertz CT molecular complexity index is 1120.